The Kier molecular flexibility index (Phi) is 7.41. The summed E-state index contributed by atoms with van der Waals surface area (Å²) >= 11 is 0. The zero-order valence-corrected chi connectivity index (χ0v) is 28.7. The van der Waals surface area contributed by atoms with E-state index >= 15 is 0 Å². The minimum Gasteiger partial charge on any atom is -0.379 e. The van der Waals surface area contributed by atoms with E-state index in [0.29, 0.717) is 23.0 Å². The van der Waals surface area contributed by atoms with Gasteiger partial charge in [0.05, 0.1) is 34.4 Å². The molecular weight excluding hydrogens is 665 g/mol. The monoisotopic (exact) mass is 692 g/mol. The van der Waals surface area contributed by atoms with Crippen LogP contribution in [-0.4, -0.2) is 29.9 Å². The van der Waals surface area contributed by atoms with Crippen LogP contribution in [0.1, 0.15) is 28.4 Å². The predicted octanol–water partition coefficient (Wildman–Crippen LogP) is 9.43. The Hall–Kier alpha value is -7.63. The predicted molar refractivity (Wildman–Crippen MR) is 211 cm³/mol. The molecule has 0 saturated heterocycles. The maximum Gasteiger partial charge on any atom is 0.164 e. The summed E-state index contributed by atoms with van der Waals surface area (Å²) < 4.78 is 0. The number of fused-ring (bicyclic) bond motifs is 6. The first-order chi connectivity index (χ1) is 26.7. The van der Waals surface area contributed by atoms with Crippen molar-refractivity contribution in [3.05, 3.63) is 186 Å². The SMILES string of the molecule is N#Cc1ccc(-c2nc(-c3ccc(C4=CC5=CC=CNC5c5ncccc54)cc3)nc(-c3ccc(-c4cc5cccnc5c5ncccc45)cc3)n2)cc1. The van der Waals surface area contributed by atoms with Gasteiger partial charge in [0.1, 0.15) is 0 Å². The Morgan fingerprint density at radius 3 is 1.87 bits per heavy atom. The third-order valence-corrected chi connectivity index (χ3v) is 9.97. The zero-order chi connectivity index (χ0) is 36.0. The minimum absolute atomic E-state index is 0.0359. The number of allylic oxidation sites excluding steroid dienone is 2. The minimum atomic E-state index is 0.0359. The number of aromatic nitrogens is 6. The first-order valence-corrected chi connectivity index (χ1v) is 17.6. The largest absolute Gasteiger partial charge is 0.379 e. The van der Waals surface area contributed by atoms with E-state index in [1.165, 1.54) is 5.57 Å². The molecular formula is C46H28N8. The van der Waals surface area contributed by atoms with Crippen molar-refractivity contribution in [3.8, 4) is 51.4 Å². The highest BCUT2D eigenvalue weighted by Gasteiger charge is 2.27. The summed E-state index contributed by atoms with van der Waals surface area (Å²) in [5.41, 5.74) is 12.5. The van der Waals surface area contributed by atoms with Crippen molar-refractivity contribution in [2.45, 2.75) is 6.04 Å². The van der Waals surface area contributed by atoms with Crippen LogP contribution in [-0.2, 0) is 0 Å². The third-order valence-electron chi connectivity index (χ3n) is 9.97. The number of dihydropyridines is 1. The quantitative estimate of drug-likeness (QED) is 0.178. The average Bonchev–Trinajstić information content (AvgIpc) is 3.26. The van der Waals surface area contributed by atoms with Crippen molar-refractivity contribution >= 4 is 27.4 Å². The molecule has 8 nitrogen and oxygen atoms in total. The van der Waals surface area contributed by atoms with Gasteiger partial charge in [-0.25, -0.2) is 15.0 Å². The van der Waals surface area contributed by atoms with Gasteiger partial charge in [-0.1, -0.05) is 72.8 Å². The lowest BCUT2D eigenvalue weighted by Gasteiger charge is -2.29. The molecule has 8 aromatic rings. The molecule has 8 heteroatoms. The average molecular weight is 693 g/mol. The highest BCUT2D eigenvalue weighted by molar-refractivity contribution is 6.10. The Morgan fingerprint density at radius 1 is 0.574 bits per heavy atom. The summed E-state index contributed by atoms with van der Waals surface area (Å²) in [5, 5.41) is 14.9. The van der Waals surface area contributed by atoms with Crippen LogP contribution in [0, 0.1) is 11.3 Å². The van der Waals surface area contributed by atoms with Gasteiger partial charge in [0, 0.05) is 51.6 Å². The van der Waals surface area contributed by atoms with E-state index in [1.54, 1.807) is 18.3 Å². The smallest absolute Gasteiger partial charge is 0.164 e. The fraction of sp³-hybridized carbons (Fsp3) is 0.0217. The van der Waals surface area contributed by atoms with Crippen molar-refractivity contribution in [1.29, 1.82) is 5.26 Å². The van der Waals surface area contributed by atoms with E-state index in [0.717, 1.165) is 72.0 Å². The fourth-order valence-corrected chi connectivity index (χ4v) is 7.30. The number of nitrogens with one attached hydrogen (secondary N) is 1. The molecule has 1 unspecified atom stereocenters. The molecule has 54 heavy (non-hydrogen) atoms. The van der Waals surface area contributed by atoms with Crippen molar-refractivity contribution in [2.75, 3.05) is 0 Å². The normalized spacial score (nSPS) is 14.4. The van der Waals surface area contributed by atoms with Gasteiger partial charge in [0.25, 0.3) is 0 Å². The number of benzene rings is 4. The summed E-state index contributed by atoms with van der Waals surface area (Å²) in [7, 11) is 0. The topological polar surface area (TPSA) is 113 Å². The lowest BCUT2D eigenvalue weighted by Crippen LogP contribution is -2.24. The van der Waals surface area contributed by atoms with Gasteiger partial charge in [-0.2, -0.15) is 5.26 Å². The number of hydrogen-bond donors (Lipinski definition) is 1. The molecule has 1 atom stereocenters. The van der Waals surface area contributed by atoms with Gasteiger partial charge in [-0.3, -0.25) is 15.0 Å². The van der Waals surface area contributed by atoms with E-state index < -0.39 is 0 Å². The second kappa shape index (κ2) is 12.9. The Bertz CT molecular complexity index is 2900. The van der Waals surface area contributed by atoms with Gasteiger partial charge in [-0.05, 0) is 94.7 Å². The van der Waals surface area contributed by atoms with Crippen LogP contribution in [0.2, 0.25) is 0 Å². The van der Waals surface area contributed by atoms with Gasteiger partial charge in [-0.15, -0.1) is 0 Å². The summed E-state index contributed by atoms with van der Waals surface area (Å²) in [5.74, 6) is 1.63. The van der Waals surface area contributed by atoms with Crippen LogP contribution in [0.5, 0.6) is 0 Å². The van der Waals surface area contributed by atoms with E-state index in [2.05, 4.69) is 94.2 Å². The van der Waals surface area contributed by atoms with E-state index in [1.807, 2.05) is 67.1 Å². The van der Waals surface area contributed by atoms with Gasteiger partial charge < -0.3 is 5.32 Å². The summed E-state index contributed by atoms with van der Waals surface area (Å²) in [6, 6.07) is 40.5. The zero-order valence-electron chi connectivity index (χ0n) is 28.7. The molecule has 0 bridgehead atoms. The van der Waals surface area contributed by atoms with Crippen molar-refractivity contribution in [2.24, 2.45) is 0 Å². The number of rotatable bonds is 5. The molecule has 4 aromatic heterocycles. The molecule has 2 aliphatic rings. The molecule has 10 rings (SSSR count). The Balaban J connectivity index is 1.05. The van der Waals surface area contributed by atoms with E-state index in [-0.39, 0.29) is 6.04 Å². The van der Waals surface area contributed by atoms with Crippen LogP contribution < -0.4 is 5.32 Å². The van der Waals surface area contributed by atoms with Crippen LogP contribution >= 0.6 is 0 Å². The summed E-state index contributed by atoms with van der Waals surface area (Å²) in [4.78, 5) is 29.0. The highest BCUT2D eigenvalue weighted by Crippen LogP contribution is 2.40. The number of nitrogens with zero attached hydrogens (tertiary/aromatic N) is 7. The van der Waals surface area contributed by atoms with Crippen molar-refractivity contribution in [3.63, 3.8) is 0 Å². The molecule has 1 aliphatic heterocycles. The first-order valence-electron chi connectivity index (χ1n) is 17.6. The molecule has 1 N–H and O–H groups in total. The second-order valence-electron chi connectivity index (χ2n) is 13.2. The summed E-state index contributed by atoms with van der Waals surface area (Å²) in [6.45, 7) is 0. The maximum atomic E-state index is 9.41. The van der Waals surface area contributed by atoms with Crippen molar-refractivity contribution < 1.29 is 0 Å². The van der Waals surface area contributed by atoms with Crippen LogP contribution in [0.4, 0.5) is 0 Å². The lowest BCUT2D eigenvalue weighted by atomic mass is 9.83. The molecule has 4 aromatic carbocycles. The van der Waals surface area contributed by atoms with Crippen LogP contribution in [0.3, 0.4) is 0 Å². The van der Waals surface area contributed by atoms with Crippen molar-refractivity contribution in [1.82, 2.24) is 35.2 Å². The first kappa shape index (κ1) is 31.1. The molecule has 0 saturated carbocycles. The molecule has 0 spiro atoms. The Labute approximate surface area is 310 Å². The second-order valence-corrected chi connectivity index (χ2v) is 13.2. The highest BCUT2D eigenvalue weighted by atomic mass is 15.0. The van der Waals surface area contributed by atoms with Gasteiger partial charge in [0.15, 0.2) is 17.5 Å². The fourth-order valence-electron chi connectivity index (χ4n) is 7.30. The molecule has 0 amide bonds. The molecule has 5 heterocycles. The lowest BCUT2D eigenvalue weighted by molar-refractivity contribution is 0.688. The van der Waals surface area contributed by atoms with E-state index in [4.69, 9.17) is 19.9 Å². The molecule has 1 aliphatic carbocycles. The maximum absolute atomic E-state index is 9.41. The Morgan fingerprint density at radius 2 is 1.17 bits per heavy atom. The number of pyridine rings is 3. The van der Waals surface area contributed by atoms with Crippen LogP contribution in [0.25, 0.3) is 72.7 Å². The molecule has 0 fully saturated rings. The standard InChI is InChI=1S/C46H28N8/c47-27-28-9-11-31(12-10-28)44-52-45(32-17-13-29(14-18-32)38-25-34-5-1-21-48-40(34)42-36(38)7-3-23-50-42)54-46(53-44)33-19-15-30(16-20-33)39-26-35-6-2-22-49-41(35)43-37(39)8-4-24-51-43/h1-26,40,48H. The van der Waals surface area contributed by atoms with Crippen LogP contribution in [0.15, 0.2) is 164 Å². The number of nitriles is 1. The third kappa shape index (κ3) is 5.40. The molecule has 252 valence electrons. The number of hydrogen-bond acceptors (Lipinski definition) is 8. The molecule has 0 radical (unpaired) electrons. The van der Waals surface area contributed by atoms with Gasteiger partial charge in [0.2, 0.25) is 0 Å². The summed E-state index contributed by atoms with van der Waals surface area (Å²) in [6.07, 6.45) is 13.8. The van der Waals surface area contributed by atoms with E-state index in [9.17, 15) is 5.26 Å². The van der Waals surface area contributed by atoms with Gasteiger partial charge >= 0.3 is 0 Å².